The lowest BCUT2D eigenvalue weighted by Crippen LogP contribution is -2.24. The topological polar surface area (TPSA) is 117 Å². The van der Waals surface area contributed by atoms with Crippen LogP contribution in [0.15, 0.2) is 41.4 Å². The maximum Gasteiger partial charge on any atom is 0.337 e. The van der Waals surface area contributed by atoms with E-state index in [9.17, 15) is 18.3 Å². The van der Waals surface area contributed by atoms with Crippen LogP contribution >= 0.6 is 0 Å². The van der Waals surface area contributed by atoms with E-state index in [0.29, 0.717) is 12.4 Å². The van der Waals surface area contributed by atoms with Crippen LogP contribution in [0.5, 0.6) is 0 Å². The lowest BCUT2D eigenvalue weighted by Gasteiger charge is -2.22. The third-order valence-corrected chi connectivity index (χ3v) is 7.54. The normalized spacial score (nSPS) is 11.6. The highest BCUT2D eigenvalue weighted by Crippen LogP contribution is 2.28. The number of anilines is 2. The van der Waals surface area contributed by atoms with Crippen LogP contribution in [0.25, 0.3) is 0 Å². The van der Waals surface area contributed by atoms with Crippen LogP contribution in [0.3, 0.4) is 0 Å². The molecule has 0 fully saturated rings. The molecule has 0 bridgehead atoms. The van der Waals surface area contributed by atoms with Crippen molar-refractivity contribution in [3.8, 4) is 0 Å². The molecule has 2 heterocycles. The molecule has 3 aromatic rings. The van der Waals surface area contributed by atoms with E-state index in [0.717, 1.165) is 29.8 Å². The molecular formula is C25H33N5O4S. The zero-order valence-corrected chi connectivity index (χ0v) is 21.8. The maximum absolute atomic E-state index is 13.1. The second kappa shape index (κ2) is 10.5. The van der Waals surface area contributed by atoms with E-state index >= 15 is 0 Å². The number of hydrogen-bond donors (Lipinski definition) is 2. The van der Waals surface area contributed by atoms with Crippen LogP contribution in [0, 0.1) is 13.8 Å². The fourth-order valence-corrected chi connectivity index (χ4v) is 5.02. The predicted molar refractivity (Wildman–Crippen MR) is 137 cm³/mol. The van der Waals surface area contributed by atoms with Crippen molar-refractivity contribution in [1.82, 2.24) is 14.8 Å². The second-order valence-electron chi connectivity index (χ2n) is 9.03. The zero-order valence-electron chi connectivity index (χ0n) is 21.0. The molecule has 0 spiro atoms. The fourth-order valence-electron chi connectivity index (χ4n) is 3.97. The minimum atomic E-state index is -3.95. The Balaban J connectivity index is 1.83. The molecule has 0 atom stereocenters. The molecule has 0 saturated heterocycles. The molecule has 0 radical (unpaired) electrons. The first-order valence-electron chi connectivity index (χ1n) is 11.5. The molecule has 0 saturated carbocycles. The van der Waals surface area contributed by atoms with E-state index < -0.39 is 16.0 Å². The summed E-state index contributed by atoms with van der Waals surface area (Å²) in [5.41, 5.74) is 4.35. The number of nitrogens with zero attached hydrogens (tertiary/aromatic N) is 4. The van der Waals surface area contributed by atoms with Crippen molar-refractivity contribution in [3.63, 3.8) is 0 Å². The number of nitrogens with one attached hydrogen (secondary N) is 1. The molecule has 0 amide bonds. The lowest BCUT2D eigenvalue weighted by atomic mass is 10.0. The molecule has 10 heteroatoms. The van der Waals surface area contributed by atoms with Gasteiger partial charge in [0.1, 0.15) is 0 Å². The third kappa shape index (κ3) is 6.00. The molecule has 0 unspecified atom stereocenters. The SMILES string of the molecule is Cc1nn(C)c(C)c1CCCN(C)c1ncc(C(=O)O)cc1NS(=O)(=O)c1ccc(C(C)C)cc1. The molecule has 3 rings (SSSR count). The molecular weight excluding hydrogens is 466 g/mol. The third-order valence-electron chi connectivity index (χ3n) is 6.16. The summed E-state index contributed by atoms with van der Waals surface area (Å²) >= 11 is 0. The van der Waals surface area contributed by atoms with Crippen LogP contribution in [0.4, 0.5) is 11.5 Å². The van der Waals surface area contributed by atoms with Crippen molar-refractivity contribution in [2.45, 2.75) is 51.3 Å². The Morgan fingerprint density at radius 3 is 2.40 bits per heavy atom. The average Bonchev–Trinajstić information content (AvgIpc) is 3.04. The quantitative estimate of drug-likeness (QED) is 0.431. The summed E-state index contributed by atoms with van der Waals surface area (Å²) in [5.74, 6) is -0.552. The van der Waals surface area contributed by atoms with Crippen LogP contribution in [0.2, 0.25) is 0 Å². The van der Waals surface area contributed by atoms with E-state index in [1.807, 2.05) is 44.3 Å². The van der Waals surface area contributed by atoms with Crippen molar-refractivity contribution >= 4 is 27.5 Å². The highest BCUT2D eigenvalue weighted by Gasteiger charge is 2.21. The highest BCUT2D eigenvalue weighted by atomic mass is 32.2. The van der Waals surface area contributed by atoms with Crippen molar-refractivity contribution < 1.29 is 18.3 Å². The van der Waals surface area contributed by atoms with E-state index in [-0.39, 0.29) is 22.1 Å². The number of aromatic nitrogens is 3. The number of pyridine rings is 1. The molecule has 188 valence electrons. The van der Waals surface area contributed by atoms with Crippen molar-refractivity contribution in [1.29, 1.82) is 0 Å². The van der Waals surface area contributed by atoms with Gasteiger partial charge < -0.3 is 10.0 Å². The minimum Gasteiger partial charge on any atom is -0.478 e. The summed E-state index contributed by atoms with van der Waals surface area (Å²) in [7, 11) is -0.223. The fraction of sp³-hybridized carbons (Fsp3) is 0.400. The van der Waals surface area contributed by atoms with Gasteiger partial charge in [0.2, 0.25) is 0 Å². The van der Waals surface area contributed by atoms with Gasteiger partial charge in [0, 0.05) is 32.5 Å². The number of aryl methyl sites for hydroxylation is 2. The van der Waals surface area contributed by atoms with Gasteiger partial charge in [-0.25, -0.2) is 18.2 Å². The number of aromatic carboxylic acids is 1. The molecule has 0 aliphatic carbocycles. The van der Waals surface area contributed by atoms with Crippen molar-refractivity contribution in [2.24, 2.45) is 7.05 Å². The van der Waals surface area contributed by atoms with Gasteiger partial charge in [0.15, 0.2) is 5.82 Å². The molecule has 0 aliphatic rings. The summed E-state index contributed by atoms with van der Waals surface area (Å²) in [6.07, 6.45) is 2.83. The van der Waals surface area contributed by atoms with Gasteiger partial charge in [-0.1, -0.05) is 26.0 Å². The smallest absolute Gasteiger partial charge is 0.337 e. The monoisotopic (exact) mass is 499 g/mol. The standard InChI is InChI=1S/C25H33N5O4S/c1-16(2)19-9-11-21(12-10-19)35(33,34)28-23-14-20(25(31)32)15-26-24(23)29(5)13-7-8-22-17(3)27-30(6)18(22)4/h9-12,14-16,28H,7-8,13H2,1-6H3,(H,31,32). The van der Waals surface area contributed by atoms with Crippen molar-refractivity contribution in [3.05, 3.63) is 64.6 Å². The molecule has 2 N–H and O–H groups in total. The molecule has 2 aromatic heterocycles. The Labute approximate surface area is 206 Å². The average molecular weight is 500 g/mol. The van der Waals surface area contributed by atoms with Gasteiger partial charge in [-0.15, -0.1) is 0 Å². The van der Waals surface area contributed by atoms with Crippen LogP contribution in [-0.4, -0.2) is 47.9 Å². The number of hydrogen-bond acceptors (Lipinski definition) is 6. The first kappa shape index (κ1) is 26.2. The molecule has 1 aromatic carbocycles. The van der Waals surface area contributed by atoms with Gasteiger partial charge in [0.05, 0.1) is 21.8 Å². The van der Waals surface area contributed by atoms with Gasteiger partial charge in [0.25, 0.3) is 10.0 Å². The largest absolute Gasteiger partial charge is 0.478 e. The molecule has 9 nitrogen and oxygen atoms in total. The summed E-state index contributed by atoms with van der Waals surface area (Å²) in [6, 6.07) is 7.96. The summed E-state index contributed by atoms with van der Waals surface area (Å²) in [4.78, 5) is 17.7. The first-order chi connectivity index (χ1) is 16.4. The first-order valence-corrected chi connectivity index (χ1v) is 13.0. The lowest BCUT2D eigenvalue weighted by molar-refractivity contribution is 0.0696. The summed E-state index contributed by atoms with van der Waals surface area (Å²) in [5, 5.41) is 13.9. The number of carbonyl (C=O) groups is 1. The second-order valence-corrected chi connectivity index (χ2v) is 10.7. The molecule has 0 aliphatic heterocycles. The molecule has 35 heavy (non-hydrogen) atoms. The van der Waals surface area contributed by atoms with Crippen LogP contribution in [-0.2, 0) is 23.5 Å². The Morgan fingerprint density at radius 1 is 1.20 bits per heavy atom. The van der Waals surface area contributed by atoms with Crippen molar-refractivity contribution in [2.75, 3.05) is 23.2 Å². The van der Waals surface area contributed by atoms with E-state index in [1.54, 1.807) is 31.3 Å². The van der Waals surface area contributed by atoms with Gasteiger partial charge in [-0.05, 0) is 61.9 Å². The van der Waals surface area contributed by atoms with Gasteiger partial charge >= 0.3 is 5.97 Å². The summed E-state index contributed by atoms with van der Waals surface area (Å²) in [6.45, 7) is 8.67. The Kier molecular flexibility index (Phi) is 7.84. The highest BCUT2D eigenvalue weighted by molar-refractivity contribution is 7.92. The van der Waals surface area contributed by atoms with E-state index in [1.165, 1.54) is 17.8 Å². The van der Waals surface area contributed by atoms with Gasteiger partial charge in [-0.2, -0.15) is 5.10 Å². The zero-order chi connectivity index (χ0) is 25.9. The maximum atomic E-state index is 13.1. The Bertz CT molecular complexity index is 1310. The van der Waals surface area contributed by atoms with Crippen LogP contribution < -0.4 is 9.62 Å². The number of carboxylic acid groups (broad SMARTS) is 1. The van der Waals surface area contributed by atoms with Crippen LogP contribution in [0.1, 0.15) is 59.1 Å². The number of sulfonamides is 1. The van der Waals surface area contributed by atoms with Gasteiger partial charge in [-0.3, -0.25) is 9.40 Å². The minimum absolute atomic E-state index is 0.0961. The van der Waals surface area contributed by atoms with E-state index in [2.05, 4.69) is 14.8 Å². The summed E-state index contributed by atoms with van der Waals surface area (Å²) < 4.78 is 30.6. The number of rotatable bonds is 10. The Morgan fingerprint density at radius 2 is 1.86 bits per heavy atom. The number of benzene rings is 1. The predicted octanol–water partition coefficient (Wildman–Crippen LogP) is 4.12. The Hall–Kier alpha value is -3.40. The number of carboxylic acids is 1. The van der Waals surface area contributed by atoms with E-state index in [4.69, 9.17) is 0 Å².